The van der Waals surface area contributed by atoms with Crippen molar-refractivity contribution in [3.05, 3.63) is 24.3 Å². The maximum atomic E-state index is 11.5. The van der Waals surface area contributed by atoms with Crippen LogP contribution < -0.4 is 16.4 Å². The van der Waals surface area contributed by atoms with Crippen LogP contribution in [0, 0.1) is 0 Å². The number of para-hydroxylation sites is 2. The summed E-state index contributed by atoms with van der Waals surface area (Å²) in [6.45, 7) is 4.80. The lowest BCUT2D eigenvalue weighted by atomic mass is 10.1. The van der Waals surface area contributed by atoms with Crippen LogP contribution in [0.1, 0.15) is 26.7 Å². The van der Waals surface area contributed by atoms with Gasteiger partial charge in [0.05, 0.1) is 11.4 Å². The standard InChI is InChI=1S/C13H21N3O/c1-3-9-16(11(4-2)13(15)17)12-8-6-5-7-10(12)14/h5-8,11H,3-4,9,14H2,1-2H3,(H2,15,17). The smallest absolute Gasteiger partial charge is 0.240 e. The van der Waals surface area contributed by atoms with Crippen LogP contribution in [0.25, 0.3) is 0 Å². The molecule has 0 aliphatic rings. The molecular formula is C13H21N3O. The van der Waals surface area contributed by atoms with E-state index in [-0.39, 0.29) is 11.9 Å². The zero-order valence-corrected chi connectivity index (χ0v) is 10.5. The summed E-state index contributed by atoms with van der Waals surface area (Å²) in [4.78, 5) is 13.5. The average Bonchev–Trinajstić information content (AvgIpc) is 2.29. The molecule has 1 aromatic carbocycles. The fourth-order valence-electron chi connectivity index (χ4n) is 2.01. The maximum absolute atomic E-state index is 11.5. The highest BCUT2D eigenvalue weighted by Gasteiger charge is 2.22. The third-order valence-electron chi connectivity index (χ3n) is 2.80. The molecule has 0 radical (unpaired) electrons. The van der Waals surface area contributed by atoms with Crippen molar-refractivity contribution in [1.29, 1.82) is 0 Å². The molecule has 17 heavy (non-hydrogen) atoms. The quantitative estimate of drug-likeness (QED) is 0.738. The molecule has 1 atom stereocenters. The van der Waals surface area contributed by atoms with Gasteiger partial charge in [-0.1, -0.05) is 26.0 Å². The number of nitrogens with zero attached hydrogens (tertiary/aromatic N) is 1. The summed E-state index contributed by atoms with van der Waals surface area (Å²) in [5.41, 5.74) is 13.0. The van der Waals surface area contributed by atoms with E-state index in [9.17, 15) is 4.79 Å². The Morgan fingerprint density at radius 3 is 2.47 bits per heavy atom. The highest BCUT2D eigenvalue weighted by molar-refractivity contribution is 5.85. The van der Waals surface area contributed by atoms with E-state index in [1.165, 1.54) is 0 Å². The lowest BCUT2D eigenvalue weighted by Crippen LogP contribution is -2.45. The van der Waals surface area contributed by atoms with Gasteiger partial charge in [0.2, 0.25) is 5.91 Å². The Balaban J connectivity index is 3.08. The topological polar surface area (TPSA) is 72.3 Å². The number of rotatable bonds is 6. The van der Waals surface area contributed by atoms with Gasteiger partial charge >= 0.3 is 0 Å². The monoisotopic (exact) mass is 235 g/mol. The normalized spacial score (nSPS) is 12.1. The number of hydrogen-bond donors (Lipinski definition) is 2. The molecule has 1 unspecified atom stereocenters. The average molecular weight is 235 g/mol. The number of carbonyl (C=O) groups excluding carboxylic acids is 1. The molecule has 1 aromatic rings. The van der Waals surface area contributed by atoms with Crippen LogP contribution in [-0.2, 0) is 4.79 Å². The fourth-order valence-corrected chi connectivity index (χ4v) is 2.01. The Hall–Kier alpha value is -1.71. The van der Waals surface area contributed by atoms with Gasteiger partial charge in [-0.2, -0.15) is 0 Å². The van der Waals surface area contributed by atoms with Crippen molar-refractivity contribution in [1.82, 2.24) is 0 Å². The molecule has 0 aromatic heterocycles. The third kappa shape index (κ3) is 3.12. The van der Waals surface area contributed by atoms with Crippen LogP contribution in [0.4, 0.5) is 11.4 Å². The Morgan fingerprint density at radius 2 is 2.00 bits per heavy atom. The summed E-state index contributed by atoms with van der Waals surface area (Å²) in [5, 5.41) is 0. The molecule has 0 heterocycles. The molecule has 1 rings (SSSR count). The van der Waals surface area contributed by atoms with E-state index in [4.69, 9.17) is 11.5 Å². The summed E-state index contributed by atoms with van der Waals surface area (Å²) in [6.07, 6.45) is 1.63. The molecule has 0 fully saturated rings. The first-order valence-corrected chi connectivity index (χ1v) is 6.02. The number of nitrogens with two attached hydrogens (primary N) is 2. The van der Waals surface area contributed by atoms with Crippen LogP contribution in [0.3, 0.4) is 0 Å². The first kappa shape index (κ1) is 13.4. The number of anilines is 2. The molecule has 0 saturated heterocycles. The van der Waals surface area contributed by atoms with Gasteiger partial charge in [-0.3, -0.25) is 4.79 Å². The van der Waals surface area contributed by atoms with Gasteiger partial charge in [-0.15, -0.1) is 0 Å². The minimum absolute atomic E-state index is 0.292. The molecule has 0 aliphatic heterocycles. The summed E-state index contributed by atoms with van der Waals surface area (Å²) >= 11 is 0. The SMILES string of the molecule is CCCN(c1ccccc1N)C(CC)C(N)=O. The molecule has 1 amide bonds. The number of carbonyl (C=O) groups is 1. The van der Waals surface area contributed by atoms with Gasteiger partial charge < -0.3 is 16.4 Å². The predicted molar refractivity (Wildman–Crippen MR) is 71.8 cm³/mol. The lowest BCUT2D eigenvalue weighted by Gasteiger charge is -2.31. The van der Waals surface area contributed by atoms with E-state index in [0.717, 1.165) is 18.7 Å². The minimum Gasteiger partial charge on any atom is -0.397 e. The lowest BCUT2D eigenvalue weighted by molar-refractivity contribution is -0.119. The predicted octanol–water partition coefficient (Wildman–Crippen LogP) is 1.75. The molecule has 4 nitrogen and oxygen atoms in total. The number of primary amides is 1. The van der Waals surface area contributed by atoms with Crippen molar-refractivity contribution >= 4 is 17.3 Å². The summed E-state index contributed by atoms with van der Waals surface area (Å²) in [5.74, 6) is -0.302. The molecule has 4 heteroatoms. The van der Waals surface area contributed by atoms with Crippen LogP contribution >= 0.6 is 0 Å². The van der Waals surface area contributed by atoms with Gasteiger partial charge in [0.25, 0.3) is 0 Å². The van der Waals surface area contributed by atoms with E-state index < -0.39 is 0 Å². The van der Waals surface area contributed by atoms with Crippen molar-refractivity contribution in [2.75, 3.05) is 17.2 Å². The molecule has 0 spiro atoms. The first-order valence-electron chi connectivity index (χ1n) is 6.02. The number of hydrogen-bond acceptors (Lipinski definition) is 3. The van der Waals surface area contributed by atoms with Crippen molar-refractivity contribution in [2.45, 2.75) is 32.7 Å². The van der Waals surface area contributed by atoms with E-state index in [0.29, 0.717) is 12.1 Å². The zero-order chi connectivity index (χ0) is 12.8. The Morgan fingerprint density at radius 1 is 1.35 bits per heavy atom. The van der Waals surface area contributed by atoms with Crippen molar-refractivity contribution in [3.63, 3.8) is 0 Å². The molecule has 0 saturated carbocycles. The fraction of sp³-hybridized carbons (Fsp3) is 0.462. The number of nitrogen functional groups attached to an aromatic ring is 1. The zero-order valence-electron chi connectivity index (χ0n) is 10.5. The molecule has 0 bridgehead atoms. The molecule has 0 aliphatic carbocycles. The van der Waals surface area contributed by atoms with Gasteiger partial charge in [0, 0.05) is 6.54 Å². The Kier molecular flexibility index (Phi) is 4.82. The highest BCUT2D eigenvalue weighted by Crippen LogP contribution is 2.25. The number of amides is 1. The minimum atomic E-state index is -0.302. The highest BCUT2D eigenvalue weighted by atomic mass is 16.1. The van der Waals surface area contributed by atoms with E-state index in [1.807, 2.05) is 36.1 Å². The van der Waals surface area contributed by atoms with Crippen molar-refractivity contribution in [2.24, 2.45) is 5.73 Å². The van der Waals surface area contributed by atoms with Crippen LogP contribution in [-0.4, -0.2) is 18.5 Å². The van der Waals surface area contributed by atoms with E-state index in [1.54, 1.807) is 0 Å². The number of benzene rings is 1. The third-order valence-corrected chi connectivity index (χ3v) is 2.80. The molecular weight excluding hydrogens is 214 g/mol. The maximum Gasteiger partial charge on any atom is 0.240 e. The van der Waals surface area contributed by atoms with Crippen LogP contribution in [0.5, 0.6) is 0 Å². The van der Waals surface area contributed by atoms with Gasteiger partial charge in [-0.25, -0.2) is 0 Å². The van der Waals surface area contributed by atoms with Gasteiger partial charge in [0.15, 0.2) is 0 Å². The van der Waals surface area contributed by atoms with E-state index >= 15 is 0 Å². The second kappa shape index (κ2) is 6.13. The second-order valence-corrected chi connectivity index (χ2v) is 4.08. The molecule has 4 N–H and O–H groups in total. The van der Waals surface area contributed by atoms with Crippen LogP contribution in [0.15, 0.2) is 24.3 Å². The first-order chi connectivity index (χ1) is 8.11. The summed E-state index contributed by atoms with van der Waals surface area (Å²) in [7, 11) is 0. The molecule has 94 valence electrons. The Bertz CT molecular complexity index is 379. The summed E-state index contributed by atoms with van der Waals surface area (Å²) in [6, 6.07) is 7.28. The summed E-state index contributed by atoms with van der Waals surface area (Å²) < 4.78 is 0. The van der Waals surface area contributed by atoms with E-state index in [2.05, 4.69) is 6.92 Å². The second-order valence-electron chi connectivity index (χ2n) is 4.08. The van der Waals surface area contributed by atoms with Gasteiger partial charge in [-0.05, 0) is 25.0 Å². The Labute approximate surface area is 103 Å². The van der Waals surface area contributed by atoms with Crippen molar-refractivity contribution < 1.29 is 4.79 Å². The van der Waals surface area contributed by atoms with Crippen LogP contribution in [0.2, 0.25) is 0 Å². The van der Waals surface area contributed by atoms with Crippen molar-refractivity contribution in [3.8, 4) is 0 Å². The largest absolute Gasteiger partial charge is 0.397 e. The van der Waals surface area contributed by atoms with Gasteiger partial charge in [0.1, 0.15) is 6.04 Å².